The van der Waals surface area contributed by atoms with Gasteiger partial charge in [0.1, 0.15) is 0 Å². The maximum atomic E-state index is 6.53. The topological polar surface area (TPSA) is 18.5 Å². The SMILES string of the molecule is CCCC[O][Sn]([O]CCCC)([C](C)(C)C)[C](C)(C)C. The molecule has 0 spiro atoms. The van der Waals surface area contributed by atoms with Crippen LogP contribution in [0.5, 0.6) is 0 Å². The van der Waals surface area contributed by atoms with E-state index < -0.39 is 19.2 Å². The fourth-order valence-electron chi connectivity index (χ4n) is 2.75. The number of hydrogen-bond donors (Lipinski definition) is 0. The molecule has 0 rings (SSSR count). The predicted molar refractivity (Wildman–Crippen MR) is 86.9 cm³/mol. The first-order valence-corrected chi connectivity index (χ1v) is 13.1. The second-order valence-electron chi connectivity index (χ2n) is 7.52. The van der Waals surface area contributed by atoms with E-state index in [1.54, 1.807) is 0 Å². The van der Waals surface area contributed by atoms with E-state index in [1.165, 1.54) is 12.8 Å². The molecule has 0 saturated carbocycles. The molecule has 0 radical (unpaired) electrons. The van der Waals surface area contributed by atoms with Gasteiger partial charge in [-0.05, 0) is 0 Å². The molecule has 0 amide bonds. The number of unbranched alkanes of at least 4 members (excludes halogenated alkanes) is 2. The molecule has 0 fully saturated rings. The molecule has 0 saturated heterocycles. The Morgan fingerprint density at radius 1 is 0.684 bits per heavy atom. The van der Waals surface area contributed by atoms with Gasteiger partial charge in [0, 0.05) is 0 Å². The van der Waals surface area contributed by atoms with Crippen molar-refractivity contribution in [1.82, 2.24) is 0 Å². The van der Waals surface area contributed by atoms with E-state index in [9.17, 15) is 0 Å². The van der Waals surface area contributed by atoms with Crippen molar-refractivity contribution in [1.29, 1.82) is 0 Å². The predicted octanol–water partition coefficient (Wildman–Crippen LogP) is 5.66. The molecule has 0 unspecified atom stereocenters. The second-order valence-corrected chi connectivity index (χ2v) is 21.3. The molecule has 19 heavy (non-hydrogen) atoms. The van der Waals surface area contributed by atoms with E-state index in [-0.39, 0.29) is 6.86 Å². The first kappa shape index (κ1) is 19.7. The van der Waals surface area contributed by atoms with Gasteiger partial charge in [-0.3, -0.25) is 0 Å². The summed E-state index contributed by atoms with van der Waals surface area (Å²) in [4.78, 5) is 0. The summed E-state index contributed by atoms with van der Waals surface area (Å²) in [5, 5.41) is 0. The van der Waals surface area contributed by atoms with Crippen molar-refractivity contribution in [2.45, 2.75) is 87.9 Å². The first-order chi connectivity index (χ1) is 8.62. The summed E-state index contributed by atoms with van der Waals surface area (Å²) in [6.45, 7) is 20.0. The van der Waals surface area contributed by atoms with Crippen LogP contribution in [-0.2, 0) is 6.15 Å². The van der Waals surface area contributed by atoms with E-state index in [0.717, 1.165) is 26.1 Å². The van der Waals surface area contributed by atoms with E-state index in [4.69, 9.17) is 6.15 Å². The molecule has 0 aliphatic rings. The molecule has 0 aromatic rings. The Balaban J connectivity index is 5.11. The average molecular weight is 379 g/mol. The second kappa shape index (κ2) is 8.23. The van der Waals surface area contributed by atoms with Crippen molar-refractivity contribution in [3.05, 3.63) is 0 Å². The molecular weight excluding hydrogens is 343 g/mol. The molecule has 0 N–H and O–H groups in total. The van der Waals surface area contributed by atoms with E-state index in [1.807, 2.05) is 0 Å². The minimum atomic E-state index is -3.17. The summed E-state index contributed by atoms with van der Waals surface area (Å²) < 4.78 is 13.4. The summed E-state index contributed by atoms with van der Waals surface area (Å²) in [6, 6.07) is 0. The molecule has 0 aliphatic carbocycles. The number of rotatable bonds is 8. The Hall–Kier alpha value is 0.719. The van der Waals surface area contributed by atoms with Gasteiger partial charge in [-0.1, -0.05) is 0 Å². The van der Waals surface area contributed by atoms with Gasteiger partial charge in [0.05, 0.1) is 0 Å². The third-order valence-electron chi connectivity index (χ3n) is 3.58. The van der Waals surface area contributed by atoms with E-state index in [0.29, 0.717) is 0 Å². The molecule has 0 aromatic carbocycles. The van der Waals surface area contributed by atoms with Gasteiger partial charge in [0.25, 0.3) is 0 Å². The van der Waals surface area contributed by atoms with Gasteiger partial charge in [0.15, 0.2) is 0 Å². The normalized spacial score (nSPS) is 13.9. The van der Waals surface area contributed by atoms with Crippen molar-refractivity contribution >= 4 is 19.2 Å². The summed E-state index contributed by atoms with van der Waals surface area (Å²) in [5.41, 5.74) is 0. The van der Waals surface area contributed by atoms with Crippen molar-refractivity contribution < 1.29 is 6.15 Å². The van der Waals surface area contributed by atoms with Gasteiger partial charge in [-0.15, -0.1) is 0 Å². The Labute approximate surface area is 126 Å². The van der Waals surface area contributed by atoms with Gasteiger partial charge in [-0.25, -0.2) is 0 Å². The molecule has 3 heteroatoms. The van der Waals surface area contributed by atoms with Gasteiger partial charge in [-0.2, -0.15) is 0 Å². The maximum absolute atomic E-state index is 6.53. The Morgan fingerprint density at radius 2 is 1.00 bits per heavy atom. The van der Waals surface area contributed by atoms with Crippen LogP contribution in [0.1, 0.15) is 81.1 Å². The molecule has 116 valence electrons. The molecule has 0 bridgehead atoms. The Morgan fingerprint density at radius 3 is 1.21 bits per heavy atom. The molecule has 0 heterocycles. The van der Waals surface area contributed by atoms with Crippen molar-refractivity contribution in [3.63, 3.8) is 0 Å². The number of hydrogen-bond acceptors (Lipinski definition) is 2. The quantitative estimate of drug-likeness (QED) is 0.400. The fourth-order valence-corrected chi connectivity index (χ4v) is 16.8. The van der Waals surface area contributed by atoms with Crippen LogP contribution in [0, 0.1) is 0 Å². The zero-order chi connectivity index (χ0) is 15.2. The standard InChI is InChI=1S/2C4H9O.2C4H9.Sn/c2*1-2-3-4-5;2*1-4(2)3;/h2*2-4H2,1H3;2*1-3H3;/q2*-1;;;+2. The van der Waals surface area contributed by atoms with Crippen LogP contribution in [0.3, 0.4) is 0 Å². The summed E-state index contributed by atoms with van der Waals surface area (Å²) in [6.07, 6.45) is 4.65. The Bertz CT molecular complexity index is 212. The van der Waals surface area contributed by atoms with Gasteiger partial charge in [0.2, 0.25) is 0 Å². The van der Waals surface area contributed by atoms with Crippen LogP contribution in [0.25, 0.3) is 0 Å². The first-order valence-electron chi connectivity index (χ1n) is 7.90. The minimum absolute atomic E-state index is 0.161. The average Bonchev–Trinajstić information content (AvgIpc) is 2.24. The summed E-state index contributed by atoms with van der Waals surface area (Å²) >= 11 is -3.17. The van der Waals surface area contributed by atoms with Crippen LogP contribution in [0.2, 0.25) is 6.86 Å². The molecule has 0 aromatic heterocycles. The van der Waals surface area contributed by atoms with Crippen LogP contribution in [-0.4, -0.2) is 32.4 Å². The van der Waals surface area contributed by atoms with Crippen molar-refractivity contribution in [2.75, 3.05) is 13.2 Å². The zero-order valence-corrected chi connectivity index (χ0v) is 17.4. The summed E-state index contributed by atoms with van der Waals surface area (Å²) in [5.74, 6) is 0. The van der Waals surface area contributed by atoms with E-state index >= 15 is 0 Å². The summed E-state index contributed by atoms with van der Waals surface area (Å²) in [7, 11) is 0. The monoisotopic (exact) mass is 380 g/mol. The van der Waals surface area contributed by atoms with Crippen LogP contribution < -0.4 is 0 Å². The molecule has 2 nitrogen and oxygen atoms in total. The third-order valence-corrected chi connectivity index (χ3v) is 18.3. The van der Waals surface area contributed by atoms with E-state index in [2.05, 4.69) is 55.4 Å². The van der Waals surface area contributed by atoms with Crippen molar-refractivity contribution in [3.8, 4) is 0 Å². The molecule has 0 aliphatic heterocycles. The Kier molecular flexibility index (Phi) is 8.54. The van der Waals surface area contributed by atoms with Gasteiger partial charge < -0.3 is 0 Å². The molecule has 0 atom stereocenters. The van der Waals surface area contributed by atoms with Crippen LogP contribution >= 0.6 is 0 Å². The fraction of sp³-hybridized carbons (Fsp3) is 1.00. The molecular formula is C16H36O2Sn. The van der Waals surface area contributed by atoms with Crippen LogP contribution in [0.4, 0.5) is 0 Å². The third kappa shape index (κ3) is 5.54. The van der Waals surface area contributed by atoms with Gasteiger partial charge >= 0.3 is 127 Å². The van der Waals surface area contributed by atoms with Crippen molar-refractivity contribution in [2.24, 2.45) is 0 Å². The zero-order valence-electron chi connectivity index (χ0n) is 14.6. The van der Waals surface area contributed by atoms with Crippen LogP contribution in [0.15, 0.2) is 0 Å².